The van der Waals surface area contributed by atoms with Crippen LogP contribution in [-0.2, 0) is 10.0 Å². The van der Waals surface area contributed by atoms with Crippen molar-refractivity contribution < 1.29 is 23.2 Å². The Labute approximate surface area is 190 Å². The highest BCUT2D eigenvalue weighted by Crippen LogP contribution is 2.39. The average molecular weight is 513 g/mol. The van der Waals surface area contributed by atoms with Gasteiger partial charge in [-0.2, -0.15) is 0 Å². The van der Waals surface area contributed by atoms with Crippen molar-refractivity contribution in [3.8, 4) is 5.75 Å². The number of benzene rings is 2. The van der Waals surface area contributed by atoms with E-state index < -0.39 is 15.9 Å². The van der Waals surface area contributed by atoms with E-state index in [-0.39, 0.29) is 16.1 Å². The van der Waals surface area contributed by atoms with Crippen molar-refractivity contribution in [1.29, 1.82) is 0 Å². The molecule has 0 aliphatic carbocycles. The van der Waals surface area contributed by atoms with Gasteiger partial charge in [0, 0.05) is 37.7 Å². The van der Waals surface area contributed by atoms with Crippen LogP contribution in [0.2, 0.25) is 0 Å². The number of likely N-dealkylation sites (N-methyl/N-ethyl adjacent to an activating group) is 1. The van der Waals surface area contributed by atoms with Gasteiger partial charge < -0.3 is 14.5 Å². The molecule has 11 heteroatoms. The second-order valence-electron chi connectivity index (χ2n) is 7.20. The highest BCUT2D eigenvalue weighted by molar-refractivity contribution is 9.10. The molecule has 0 spiro atoms. The van der Waals surface area contributed by atoms with Crippen molar-refractivity contribution >= 4 is 43.2 Å². The molecule has 1 aliphatic rings. The van der Waals surface area contributed by atoms with E-state index in [2.05, 4.69) is 20.8 Å². The second-order valence-corrected chi connectivity index (χ2v) is 10.1. The number of hydrogen-bond acceptors (Lipinski definition) is 7. The molecule has 0 bridgehead atoms. The van der Waals surface area contributed by atoms with Crippen molar-refractivity contribution in [2.24, 2.45) is 0 Å². The molecule has 1 heterocycles. The van der Waals surface area contributed by atoms with Gasteiger partial charge in [-0.15, -0.1) is 0 Å². The van der Waals surface area contributed by atoms with E-state index in [1.165, 1.54) is 32.4 Å². The quantitative estimate of drug-likeness (QED) is 0.451. The van der Waals surface area contributed by atoms with Crippen molar-refractivity contribution in [2.75, 3.05) is 56.6 Å². The molecule has 1 fully saturated rings. The maximum atomic E-state index is 13.4. The number of rotatable bonds is 6. The van der Waals surface area contributed by atoms with Gasteiger partial charge in [-0.3, -0.25) is 14.3 Å². The van der Waals surface area contributed by atoms with E-state index in [4.69, 9.17) is 4.74 Å². The molecule has 2 aromatic rings. The summed E-state index contributed by atoms with van der Waals surface area (Å²) in [4.78, 5) is 16.7. The van der Waals surface area contributed by atoms with Crippen LogP contribution in [0.1, 0.15) is 10.4 Å². The maximum absolute atomic E-state index is 13.4. The number of piperazine rings is 1. The number of hydrogen-bond donors (Lipinski definition) is 2. The zero-order valence-electron chi connectivity index (χ0n) is 17.5. The highest BCUT2D eigenvalue weighted by atomic mass is 79.9. The smallest absolute Gasteiger partial charge is 0.276 e. The topological polar surface area (TPSA) is 102 Å². The van der Waals surface area contributed by atoms with Crippen molar-refractivity contribution in [3.63, 3.8) is 0 Å². The number of halogens is 1. The Morgan fingerprint density at radius 3 is 2.32 bits per heavy atom. The van der Waals surface area contributed by atoms with Gasteiger partial charge in [0.2, 0.25) is 0 Å². The Morgan fingerprint density at radius 1 is 1.16 bits per heavy atom. The standard InChI is InChI=1S/C20H25BrN4O5S/c1-23-8-10-25(11-9-23)18-13-14(21)12-17(20(26)22-27)19(18)24(2)31(28,29)16-6-4-15(30-3)5-7-16/h4-7,12-13,27H,8-11H2,1-3H3,(H,22,26). The number of carbonyl (C=O) groups is 1. The number of hydroxylamine groups is 1. The van der Waals surface area contributed by atoms with Crippen LogP contribution in [-0.4, -0.2) is 71.8 Å². The summed E-state index contributed by atoms with van der Waals surface area (Å²) in [5.74, 6) is -0.271. The first-order chi connectivity index (χ1) is 14.7. The Hall–Kier alpha value is -2.34. The van der Waals surface area contributed by atoms with Crippen LogP contribution in [0.4, 0.5) is 11.4 Å². The molecule has 1 aliphatic heterocycles. The van der Waals surface area contributed by atoms with Gasteiger partial charge in [0.05, 0.1) is 28.9 Å². The summed E-state index contributed by atoms with van der Waals surface area (Å²) in [5, 5.41) is 9.28. The predicted molar refractivity (Wildman–Crippen MR) is 122 cm³/mol. The van der Waals surface area contributed by atoms with E-state index in [0.717, 1.165) is 17.4 Å². The van der Waals surface area contributed by atoms with Gasteiger partial charge in [-0.1, -0.05) is 15.9 Å². The predicted octanol–water partition coefficient (Wildman–Crippen LogP) is 2.15. The van der Waals surface area contributed by atoms with Gasteiger partial charge in [-0.05, 0) is 43.4 Å². The summed E-state index contributed by atoms with van der Waals surface area (Å²) in [6.45, 7) is 2.91. The number of anilines is 2. The van der Waals surface area contributed by atoms with Gasteiger partial charge in [0.15, 0.2) is 0 Å². The molecule has 0 atom stereocenters. The molecular formula is C20H25BrN4O5S. The lowest BCUT2D eigenvalue weighted by Gasteiger charge is -2.37. The first-order valence-corrected chi connectivity index (χ1v) is 11.8. The SMILES string of the molecule is COc1ccc(S(=O)(=O)N(C)c2c(C(=O)NO)cc(Br)cc2N2CCN(C)CC2)cc1. The van der Waals surface area contributed by atoms with E-state index in [1.807, 2.05) is 11.9 Å². The van der Waals surface area contributed by atoms with Crippen molar-refractivity contribution in [1.82, 2.24) is 10.4 Å². The molecule has 3 rings (SSSR count). The molecule has 9 nitrogen and oxygen atoms in total. The average Bonchev–Trinajstić information content (AvgIpc) is 2.78. The highest BCUT2D eigenvalue weighted by Gasteiger charge is 2.31. The van der Waals surface area contributed by atoms with Gasteiger partial charge in [0.1, 0.15) is 5.75 Å². The minimum Gasteiger partial charge on any atom is -0.497 e. The fourth-order valence-electron chi connectivity index (χ4n) is 3.46. The third kappa shape index (κ3) is 4.79. The summed E-state index contributed by atoms with van der Waals surface area (Å²) in [7, 11) is 0.915. The summed E-state index contributed by atoms with van der Waals surface area (Å²) < 4.78 is 33.6. The van der Waals surface area contributed by atoms with Crippen molar-refractivity contribution in [3.05, 3.63) is 46.4 Å². The van der Waals surface area contributed by atoms with Crippen LogP contribution in [0.25, 0.3) is 0 Å². The number of amides is 1. The molecule has 0 unspecified atom stereocenters. The Bertz CT molecular complexity index is 1050. The van der Waals surface area contributed by atoms with Gasteiger partial charge in [0.25, 0.3) is 15.9 Å². The molecule has 0 radical (unpaired) electrons. The molecule has 1 amide bonds. The number of carbonyl (C=O) groups excluding carboxylic acids is 1. The van der Waals surface area contributed by atoms with Crippen LogP contribution in [0.3, 0.4) is 0 Å². The third-order valence-electron chi connectivity index (χ3n) is 5.28. The maximum Gasteiger partial charge on any atom is 0.276 e. The molecule has 2 N–H and O–H groups in total. The normalized spacial score (nSPS) is 14.9. The number of nitrogens with zero attached hydrogens (tertiary/aromatic N) is 3. The van der Waals surface area contributed by atoms with E-state index >= 15 is 0 Å². The minimum atomic E-state index is -4.00. The van der Waals surface area contributed by atoms with Crippen LogP contribution < -0.4 is 19.4 Å². The van der Waals surface area contributed by atoms with Crippen molar-refractivity contribution in [2.45, 2.75) is 4.90 Å². The summed E-state index contributed by atoms with van der Waals surface area (Å²) >= 11 is 3.40. The Morgan fingerprint density at radius 2 is 1.77 bits per heavy atom. The van der Waals surface area contributed by atoms with E-state index in [1.54, 1.807) is 23.7 Å². The zero-order chi connectivity index (χ0) is 22.8. The van der Waals surface area contributed by atoms with E-state index in [0.29, 0.717) is 29.0 Å². The lowest BCUT2D eigenvalue weighted by atomic mass is 10.1. The van der Waals surface area contributed by atoms with E-state index in [9.17, 15) is 18.4 Å². The number of methoxy groups -OCH3 is 1. The lowest BCUT2D eigenvalue weighted by molar-refractivity contribution is 0.0707. The van der Waals surface area contributed by atoms with Crippen LogP contribution >= 0.6 is 15.9 Å². The van der Waals surface area contributed by atoms with Crippen LogP contribution in [0.15, 0.2) is 45.8 Å². The van der Waals surface area contributed by atoms with Crippen LogP contribution in [0, 0.1) is 0 Å². The van der Waals surface area contributed by atoms with Gasteiger partial charge >= 0.3 is 0 Å². The fraction of sp³-hybridized carbons (Fsp3) is 0.350. The molecule has 2 aromatic carbocycles. The molecule has 0 saturated carbocycles. The summed E-state index contributed by atoms with van der Waals surface area (Å²) in [5.41, 5.74) is 2.43. The van der Waals surface area contributed by atoms with Gasteiger partial charge in [-0.25, -0.2) is 13.9 Å². The molecular weight excluding hydrogens is 488 g/mol. The first-order valence-electron chi connectivity index (χ1n) is 9.53. The summed E-state index contributed by atoms with van der Waals surface area (Å²) in [6.07, 6.45) is 0. The summed E-state index contributed by atoms with van der Waals surface area (Å²) in [6, 6.07) is 9.29. The second kappa shape index (κ2) is 9.43. The minimum absolute atomic E-state index is 0.0328. The molecule has 168 valence electrons. The zero-order valence-corrected chi connectivity index (χ0v) is 19.9. The molecule has 31 heavy (non-hydrogen) atoms. The Balaban J connectivity index is 2.15. The monoisotopic (exact) mass is 512 g/mol. The van der Waals surface area contributed by atoms with Crippen LogP contribution in [0.5, 0.6) is 5.75 Å². The Kier molecular flexibility index (Phi) is 7.10. The fourth-order valence-corrected chi connectivity index (χ4v) is 5.14. The molecule has 0 aromatic heterocycles. The molecule has 1 saturated heterocycles. The number of sulfonamides is 1. The number of nitrogens with one attached hydrogen (secondary N) is 1. The lowest BCUT2D eigenvalue weighted by Crippen LogP contribution is -2.45. The number of ether oxygens (including phenoxy) is 1. The third-order valence-corrected chi connectivity index (χ3v) is 7.51. The first kappa shape index (κ1) is 23.3. The largest absolute Gasteiger partial charge is 0.497 e.